The van der Waals surface area contributed by atoms with E-state index in [0.29, 0.717) is 17.9 Å². The average Bonchev–Trinajstić information content (AvgIpc) is 2.81. The van der Waals surface area contributed by atoms with E-state index in [2.05, 4.69) is 4.90 Å². The zero-order chi connectivity index (χ0) is 16.5. The Balaban J connectivity index is 1.95. The molecular weight excluding hydrogens is 292 g/mol. The number of methoxy groups -OCH3 is 1. The van der Waals surface area contributed by atoms with Gasteiger partial charge in [-0.25, -0.2) is 0 Å². The Morgan fingerprint density at radius 2 is 2.00 bits per heavy atom. The zero-order valence-corrected chi connectivity index (χ0v) is 14.3. The van der Waals surface area contributed by atoms with Crippen molar-refractivity contribution < 1.29 is 14.3 Å². The second-order valence-electron chi connectivity index (χ2n) is 5.76. The van der Waals surface area contributed by atoms with Crippen molar-refractivity contribution in [1.29, 1.82) is 0 Å². The number of carbonyl (C=O) groups excluding carboxylic acids is 1. The molecule has 0 unspecified atom stereocenters. The molecule has 1 fully saturated rings. The molecule has 1 heterocycles. The van der Waals surface area contributed by atoms with Gasteiger partial charge in [-0.2, -0.15) is 0 Å². The molecule has 0 spiro atoms. The molecule has 5 nitrogen and oxygen atoms in total. The number of para-hydroxylation sites is 1. The van der Waals surface area contributed by atoms with Gasteiger partial charge in [0.25, 0.3) is 5.91 Å². The summed E-state index contributed by atoms with van der Waals surface area (Å²) in [5, 5.41) is 0. The summed E-state index contributed by atoms with van der Waals surface area (Å²) in [5.41, 5.74) is 0.669. The molecule has 0 radical (unpaired) electrons. The molecular formula is C18H28N2O3. The summed E-state index contributed by atoms with van der Waals surface area (Å²) in [5.74, 6) is 0.758. The van der Waals surface area contributed by atoms with Crippen LogP contribution in [0.4, 0.5) is 0 Å². The highest BCUT2D eigenvalue weighted by molar-refractivity contribution is 5.97. The van der Waals surface area contributed by atoms with Crippen molar-refractivity contribution in [2.24, 2.45) is 0 Å². The normalized spacial score (nSPS) is 16.2. The quantitative estimate of drug-likeness (QED) is 0.723. The third-order valence-corrected chi connectivity index (χ3v) is 4.12. The number of rotatable bonds is 7. The minimum absolute atomic E-state index is 0.0767. The summed E-state index contributed by atoms with van der Waals surface area (Å²) in [4.78, 5) is 17.2. The van der Waals surface area contributed by atoms with E-state index >= 15 is 0 Å². The Morgan fingerprint density at radius 1 is 1.17 bits per heavy atom. The van der Waals surface area contributed by atoms with Crippen LogP contribution in [0.3, 0.4) is 0 Å². The number of benzene rings is 1. The molecule has 1 amide bonds. The van der Waals surface area contributed by atoms with Crippen LogP contribution in [-0.2, 0) is 4.74 Å². The number of hydrogen-bond donors (Lipinski definition) is 0. The van der Waals surface area contributed by atoms with Crippen molar-refractivity contribution in [3.05, 3.63) is 29.8 Å². The first-order chi connectivity index (χ1) is 11.3. The summed E-state index contributed by atoms with van der Waals surface area (Å²) in [6, 6.07) is 7.52. The van der Waals surface area contributed by atoms with Crippen LogP contribution in [0.15, 0.2) is 24.3 Å². The van der Waals surface area contributed by atoms with Gasteiger partial charge in [0, 0.05) is 39.9 Å². The van der Waals surface area contributed by atoms with E-state index in [9.17, 15) is 4.79 Å². The summed E-state index contributed by atoms with van der Waals surface area (Å²) in [6.45, 7) is 7.87. The molecule has 0 bridgehead atoms. The van der Waals surface area contributed by atoms with Gasteiger partial charge in [-0.1, -0.05) is 12.1 Å². The SMILES string of the molecule is CCOc1ccccc1C(=O)N1CCCN(CCCOC)CC1. The maximum atomic E-state index is 12.8. The van der Waals surface area contributed by atoms with Crippen LogP contribution in [0.5, 0.6) is 5.75 Å². The molecule has 0 aromatic heterocycles. The van der Waals surface area contributed by atoms with E-state index in [0.717, 1.165) is 52.2 Å². The number of amides is 1. The van der Waals surface area contributed by atoms with Crippen molar-refractivity contribution in [2.75, 3.05) is 53.0 Å². The lowest BCUT2D eigenvalue weighted by atomic mass is 10.1. The molecule has 1 saturated heterocycles. The van der Waals surface area contributed by atoms with Crippen molar-refractivity contribution >= 4 is 5.91 Å². The van der Waals surface area contributed by atoms with Crippen LogP contribution in [-0.4, -0.2) is 68.8 Å². The Hall–Kier alpha value is -1.59. The van der Waals surface area contributed by atoms with Crippen molar-refractivity contribution in [2.45, 2.75) is 19.8 Å². The molecule has 0 saturated carbocycles. The van der Waals surface area contributed by atoms with Crippen LogP contribution >= 0.6 is 0 Å². The minimum Gasteiger partial charge on any atom is -0.493 e. The fraction of sp³-hybridized carbons (Fsp3) is 0.611. The third kappa shape index (κ3) is 5.22. The fourth-order valence-electron chi connectivity index (χ4n) is 2.93. The third-order valence-electron chi connectivity index (χ3n) is 4.12. The number of hydrogen-bond acceptors (Lipinski definition) is 4. The Kier molecular flexibility index (Phi) is 7.36. The number of nitrogens with zero attached hydrogens (tertiary/aromatic N) is 2. The van der Waals surface area contributed by atoms with Gasteiger partial charge in [0.05, 0.1) is 12.2 Å². The van der Waals surface area contributed by atoms with Gasteiger partial charge in [-0.3, -0.25) is 4.79 Å². The van der Waals surface area contributed by atoms with Crippen LogP contribution in [0, 0.1) is 0 Å². The molecule has 1 aliphatic rings. The van der Waals surface area contributed by atoms with Crippen LogP contribution in [0.2, 0.25) is 0 Å². The molecule has 0 atom stereocenters. The van der Waals surface area contributed by atoms with Gasteiger partial charge in [0.15, 0.2) is 0 Å². The van der Waals surface area contributed by atoms with Crippen LogP contribution < -0.4 is 4.74 Å². The molecule has 0 N–H and O–H groups in total. The lowest BCUT2D eigenvalue weighted by molar-refractivity contribution is 0.0756. The van der Waals surface area contributed by atoms with Gasteiger partial charge in [0.2, 0.25) is 0 Å². The second-order valence-corrected chi connectivity index (χ2v) is 5.76. The standard InChI is InChI=1S/C18H28N2O3/c1-3-23-17-9-5-4-8-16(17)18(21)20-12-6-10-19(13-14-20)11-7-15-22-2/h4-5,8-9H,3,6-7,10-15H2,1-2H3. The molecule has 128 valence electrons. The number of carbonyl (C=O) groups is 1. The predicted molar refractivity (Wildman–Crippen MR) is 91.1 cm³/mol. The Bertz CT molecular complexity index is 493. The molecule has 2 rings (SSSR count). The summed E-state index contributed by atoms with van der Waals surface area (Å²) in [6.07, 6.45) is 2.05. The van der Waals surface area contributed by atoms with Crippen molar-refractivity contribution in [3.8, 4) is 5.75 Å². The second kappa shape index (κ2) is 9.53. The molecule has 1 aliphatic heterocycles. The zero-order valence-electron chi connectivity index (χ0n) is 14.3. The summed E-state index contributed by atoms with van der Waals surface area (Å²) < 4.78 is 10.7. The van der Waals surface area contributed by atoms with E-state index in [1.807, 2.05) is 36.1 Å². The molecule has 23 heavy (non-hydrogen) atoms. The minimum atomic E-state index is 0.0767. The lowest BCUT2D eigenvalue weighted by Gasteiger charge is -2.23. The maximum absolute atomic E-state index is 12.8. The van der Waals surface area contributed by atoms with Crippen molar-refractivity contribution in [1.82, 2.24) is 9.80 Å². The fourth-order valence-corrected chi connectivity index (χ4v) is 2.93. The largest absolute Gasteiger partial charge is 0.493 e. The van der Waals surface area contributed by atoms with E-state index < -0.39 is 0 Å². The maximum Gasteiger partial charge on any atom is 0.257 e. The topological polar surface area (TPSA) is 42.0 Å². The van der Waals surface area contributed by atoms with E-state index in [1.54, 1.807) is 7.11 Å². The van der Waals surface area contributed by atoms with Crippen molar-refractivity contribution in [3.63, 3.8) is 0 Å². The van der Waals surface area contributed by atoms with Gasteiger partial charge in [0.1, 0.15) is 5.75 Å². The van der Waals surface area contributed by atoms with Gasteiger partial charge < -0.3 is 19.3 Å². The molecule has 5 heteroatoms. The summed E-state index contributed by atoms with van der Waals surface area (Å²) >= 11 is 0. The first-order valence-electron chi connectivity index (χ1n) is 8.48. The van der Waals surface area contributed by atoms with Crippen LogP contribution in [0.25, 0.3) is 0 Å². The highest BCUT2D eigenvalue weighted by Gasteiger charge is 2.22. The smallest absolute Gasteiger partial charge is 0.257 e. The number of ether oxygens (including phenoxy) is 2. The molecule has 0 aliphatic carbocycles. The Labute approximate surface area is 139 Å². The monoisotopic (exact) mass is 320 g/mol. The van der Waals surface area contributed by atoms with Gasteiger partial charge in [-0.05, 0) is 38.4 Å². The summed E-state index contributed by atoms with van der Waals surface area (Å²) in [7, 11) is 1.73. The highest BCUT2D eigenvalue weighted by atomic mass is 16.5. The molecule has 1 aromatic rings. The predicted octanol–water partition coefficient (Wildman–Crippen LogP) is 2.27. The first kappa shape index (κ1) is 17.8. The van der Waals surface area contributed by atoms with E-state index in [1.165, 1.54) is 0 Å². The average molecular weight is 320 g/mol. The first-order valence-corrected chi connectivity index (χ1v) is 8.48. The Morgan fingerprint density at radius 3 is 2.78 bits per heavy atom. The highest BCUT2D eigenvalue weighted by Crippen LogP contribution is 2.20. The van der Waals surface area contributed by atoms with Crippen LogP contribution in [0.1, 0.15) is 30.1 Å². The molecule has 1 aromatic carbocycles. The van der Waals surface area contributed by atoms with Gasteiger partial charge >= 0.3 is 0 Å². The lowest BCUT2D eigenvalue weighted by Crippen LogP contribution is -2.35. The van der Waals surface area contributed by atoms with E-state index in [-0.39, 0.29) is 5.91 Å². The van der Waals surface area contributed by atoms with Gasteiger partial charge in [-0.15, -0.1) is 0 Å². The van der Waals surface area contributed by atoms with E-state index in [4.69, 9.17) is 9.47 Å².